The molecule has 1 heterocycles. The zero-order valence-electron chi connectivity index (χ0n) is 13.0. The van der Waals surface area contributed by atoms with Gasteiger partial charge in [-0.2, -0.15) is 0 Å². The third-order valence-corrected chi connectivity index (χ3v) is 4.08. The van der Waals surface area contributed by atoms with E-state index in [0.29, 0.717) is 24.7 Å². The highest BCUT2D eigenvalue weighted by Crippen LogP contribution is 2.29. The smallest absolute Gasteiger partial charge is 0.123 e. The van der Waals surface area contributed by atoms with Crippen LogP contribution in [0.5, 0.6) is 0 Å². The van der Waals surface area contributed by atoms with Crippen LogP contribution in [0.3, 0.4) is 0 Å². The SMILES string of the molecule is COCCNCC(CC1CCC(C)O1)c1ccc(F)cc1. The van der Waals surface area contributed by atoms with Gasteiger partial charge in [0.25, 0.3) is 0 Å². The van der Waals surface area contributed by atoms with Gasteiger partial charge in [-0.25, -0.2) is 4.39 Å². The highest BCUT2D eigenvalue weighted by Gasteiger charge is 2.25. The molecule has 0 bridgehead atoms. The topological polar surface area (TPSA) is 30.5 Å². The molecule has 3 atom stereocenters. The number of hydrogen-bond donors (Lipinski definition) is 1. The van der Waals surface area contributed by atoms with Crippen LogP contribution in [0.25, 0.3) is 0 Å². The fourth-order valence-corrected chi connectivity index (χ4v) is 2.90. The lowest BCUT2D eigenvalue weighted by Gasteiger charge is -2.22. The van der Waals surface area contributed by atoms with Crippen molar-refractivity contribution < 1.29 is 13.9 Å². The molecule has 1 aliphatic heterocycles. The third-order valence-electron chi connectivity index (χ3n) is 4.08. The fourth-order valence-electron chi connectivity index (χ4n) is 2.90. The second-order valence-electron chi connectivity index (χ2n) is 5.83. The predicted molar refractivity (Wildman–Crippen MR) is 82.1 cm³/mol. The molecule has 0 aromatic heterocycles. The molecule has 2 rings (SSSR count). The first kappa shape index (κ1) is 16.4. The van der Waals surface area contributed by atoms with E-state index in [0.717, 1.165) is 32.4 Å². The van der Waals surface area contributed by atoms with Crippen LogP contribution in [0, 0.1) is 5.82 Å². The summed E-state index contributed by atoms with van der Waals surface area (Å²) in [7, 11) is 1.70. The Hall–Kier alpha value is -0.970. The minimum atomic E-state index is -0.185. The molecule has 0 saturated carbocycles. The summed E-state index contributed by atoms with van der Waals surface area (Å²) in [4.78, 5) is 0. The summed E-state index contributed by atoms with van der Waals surface area (Å²) in [6.45, 7) is 4.52. The maximum absolute atomic E-state index is 13.1. The molecule has 1 aromatic carbocycles. The van der Waals surface area contributed by atoms with E-state index in [1.54, 1.807) is 7.11 Å². The van der Waals surface area contributed by atoms with Crippen LogP contribution in [0.2, 0.25) is 0 Å². The average Bonchev–Trinajstić information content (AvgIpc) is 2.88. The molecule has 0 spiro atoms. The highest BCUT2D eigenvalue weighted by atomic mass is 19.1. The monoisotopic (exact) mass is 295 g/mol. The van der Waals surface area contributed by atoms with Gasteiger partial charge >= 0.3 is 0 Å². The van der Waals surface area contributed by atoms with Crippen molar-refractivity contribution in [3.8, 4) is 0 Å². The summed E-state index contributed by atoms with van der Waals surface area (Å²) >= 11 is 0. The van der Waals surface area contributed by atoms with Crippen LogP contribution in [-0.4, -0.2) is 39.0 Å². The predicted octanol–water partition coefficient (Wildman–Crippen LogP) is 3.10. The van der Waals surface area contributed by atoms with Crippen molar-refractivity contribution in [3.63, 3.8) is 0 Å². The van der Waals surface area contributed by atoms with Crippen LogP contribution in [-0.2, 0) is 9.47 Å². The van der Waals surface area contributed by atoms with E-state index in [2.05, 4.69) is 12.2 Å². The van der Waals surface area contributed by atoms with Crippen molar-refractivity contribution in [2.75, 3.05) is 26.8 Å². The fraction of sp³-hybridized carbons (Fsp3) is 0.647. The molecule has 4 heteroatoms. The molecule has 21 heavy (non-hydrogen) atoms. The van der Waals surface area contributed by atoms with Gasteiger partial charge in [0.2, 0.25) is 0 Å². The highest BCUT2D eigenvalue weighted by molar-refractivity contribution is 5.21. The van der Waals surface area contributed by atoms with Crippen LogP contribution in [0.15, 0.2) is 24.3 Å². The van der Waals surface area contributed by atoms with Crippen molar-refractivity contribution in [2.45, 2.75) is 44.3 Å². The molecule has 0 radical (unpaired) electrons. The van der Waals surface area contributed by atoms with Gasteiger partial charge in [0.05, 0.1) is 18.8 Å². The van der Waals surface area contributed by atoms with Gasteiger partial charge in [0, 0.05) is 20.2 Å². The average molecular weight is 295 g/mol. The summed E-state index contributed by atoms with van der Waals surface area (Å²) in [6, 6.07) is 6.85. The Morgan fingerprint density at radius 1 is 1.33 bits per heavy atom. The van der Waals surface area contributed by atoms with Crippen LogP contribution in [0.1, 0.15) is 37.7 Å². The first-order chi connectivity index (χ1) is 10.2. The minimum Gasteiger partial charge on any atom is -0.383 e. The van der Waals surface area contributed by atoms with Crippen molar-refractivity contribution in [1.29, 1.82) is 0 Å². The molecule has 1 N–H and O–H groups in total. The van der Waals surface area contributed by atoms with Crippen molar-refractivity contribution in [1.82, 2.24) is 5.32 Å². The molecular weight excluding hydrogens is 269 g/mol. The van der Waals surface area contributed by atoms with Gasteiger partial charge in [-0.15, -0.1) is 0 Å². The Morgan fingerprint density at radius 3 is 2.71 bits per heavy atom. The zero-order valence-corrected chi connectivity index (χ0v) is 13.0. The maximum Gasteiger partial charge on any atom is 0.123 e. The zero-order chi connectivity index (χ0) is 15.1. The molecule has 1 fully saturated rings. The van der Waals surface area contributed by atoms with Gasteiger partial charge in [0.15, 0.2) is 0 Å². The van der Waals surface area contributed by atoms with E-state index >= 15 is 0 Å². The van der Waals surface area contributed by atoms with E-state index in [9.17, 15) is 4.39 Å². The lowest BCUT2D eigenvalue weighted by Crippen LogP contribution is -2.27. The first-order valence-corrected chi connectivity index (χ1v) is 7.79. The largest absolute Gasteiger partial charge is 0.383 e. The minimum absolute atomic E-state index is 0.185. The van der Waals surface area contributed by atoms with Crippen LogP contribution < -0.4 is 5.32 Å². The van der Waals surface area contributed by atoms with Crippen molar-refractivity contribution >= 4 is 0 Å². The molecule has 3 nitrogen and oxygen atoms in total. The summed E-state index contributed by atoms with van der Waals surface area (Å²) in [5.74, 6) is 0.160. The molecular formula is C17H26FNO2. The molecule has 118 valence electrons. The van der Waals surface area contributed by atoms with E-state index in [-0.39, 0.29) is 5.82 Å². The van der Waals surface area contributed by atoms with Crippen LogP contribution >= 0.6 is 0 Å². The van der Waals surface area contributed by atoms with Gasteiger partial charge < -0.3 is 14.8 Å². The molecule has 1 aromatic rings. The van der Waals surface area contributed by atoms with Crippen molar-refractivity contribution in [2.24, 2.45) is 0 Å². The Kier molecular flexibility index (Phi) is 6.61. The number of methoxy groups -OCH3 is 1. The summed E-state index contributed by atoms with van der Waals surface area (Å²) in [5, 5.41) is 3.41. The number of rotatable bonds is 8. The lowest BCUT2D eigenvalue weighted by molar-refractivity contribution is 0.0465. The standard InChI is InChI=1S/C17H26FNO2/c1-13-3-8-17(21-13)11-15(12-19-9-10-20-2)14-4-6-16(18)7-5-14/h4-7,13,15,17,19H,3,8-12H2,1-2H3. The Morgan fingerprint density at radius 2 is 2.10 bits per heavy atom. The molecule has 3 unspecified atom stereocenters. The molecule has 0 amide bonds. The maximum atomic E-state index is 13.1. The van der Waals surface area contributed by atoms with E-state index < -0.39 is 0 Å². The Bertz CT molecular complexity index is 410. The van der Waals surface area contributed by atoms with Gasteiger partial charge in [-0.1, -0.05) is 12.1 Å². The Labute approximate surface area is 126 Å². The number of ether oxygens (including phenoxy) is 2. The van der Waals surface area contributed by atoms with E-state index in [1.807, 2.05) is 12.1 Å². The second kappa shape index (κ2) is 8.47. The second-order valence-corrected chi connectivity index (χ2v) is 5.83. The summed E-state index contributed by atoms with van der Waals surface area (Å²) in [5.41, 5.74) is 1.17. The summed E-state index contributed by atoms with van der Waals surface area (Å²) in [6.07, 6.45) is 3.93. The van der Waals surface area contributed by atoms with Gasteiger partial charge in [-0.05, 0) is 49.8 Å². The molecule has 1 aliphatic rings. The number of halogens is 1. The first-order valence-electron chi connectivity index (χ1n) is 7.79. The molecule has 1 saturated heterocycles. The molecule has 0 aliphatic carbocycles. The van der Waals surface area contributed by atoms with Crippen molar-refractivity contribution in [3.05, 3.63) is 35.6 Å². The van der Waals surface area contributed by atoms with Gasteiger partial charge in [0.1, 0.15) is 5.82 Å². The van der Waals surface area contributed by atoms with E-state index in [1.165, 1.54) is 17.7 Å². The lowest BCUT2D eigenvalue weighted by atomic mass is 9.92. The van der Waals surface area contributed by atoms with E-state index in [4.69, 9.17) is 9.47 Å². The van der Waals surface area contributed by atoms with Crippen LogP contribution in [0.4, 0.5) is 4.39 Å². The number of hydrogen-bond acceptors (Lipinski definition) is 3. The Balaban J connectivity index is 1.94. The summed E-state index contributed by atoms with van der Waals surface area (Å²) < 4.78 is 24.1. The quantitative estimate of drug-likeness (QED) is 0.748. The van der Waals surface area contributed by atoms with Gasteiger partial charge in [-0.3, -0.25) is 0 Å². The number of nitrogens with one attached hydrogen (secondary N) is 1. The third kappa shape index (κ3) is 5.38. The normalized spacial score (nSPS) is 23.4. The number of benzene rings is 1.